The molecule has 29 heavy (non-hydrogen) atoms. The van der Waals surface area contributed by atoms with Crippen LogP contribution in [-0.4, -0.2) is 36.0 Å². The first-order valence-electron chi connectivity index (χ1n) is 9.03. The molecule has 0 fully saturated rings. The van der Waals surface area contributed by atoms with E-state index in [2.05, 4.69) is 4.57 Å². The van der Waals surface area contributed by atoms with Gasteiger partial charge in [-0.1, -0.05) is 0 Å². The number of pyridine rings is 1. The fourth-order valence-electron chi connectivity index (χ4n) is 3.73. The molecule has 0 aliphatic carbocycles. The molecule has 1 aliphatic heterocycles. The maximum absolute atomic E-state index is 11.8. The molecule has 4 rings (SSSR count). The van der Waals surface area contributed by atoms with Crippen molar-refractivity contribution in [2.24, 2.45) is 0 Å². The standard InChI is InChI=1S/C21H22NO6S/c1-25-18-6-5-13-9-17-15-11-20(27-3)19(26-2)10-14(15)7-8-22(17)12-16(13)21(18)28-29(4,23)24/h5-6,9-12H,7-8H2,1-4H3/q+1. The number of ether oxygens (including phenoxy) is 3. The van der Waals surface area contributed by atoms with Crippen LogP contribution >= 0.6 is 0 Å². The molecule has 0 saturated carbocycles. The Morgan fingerprint density at radius 2 is 1.62 bits per heavy atom. The second-order valence-electron chi connectivity index (χ2n) is 6.85. The number of nitrogens with zero attached hydrogens (tertiary/aromatic N) is 1. The van der Waals surface area contributed by atoms with Crippen LogP contribution in [0.4, 0.5) is 0 Å². The van der Waals surface area contributed by atoms with Crippen molar-refractivity contribution in [1.82, 2.24) is 0 Å². The van der Waals surface area contributed by atoms with Gasteiger partial charge in [-0.3, -0.25) is 0 Å². The van der Waals surface area contributed by atoms with Crippen molar-refractivity contribution in [2.45, 2.75) is 13.0 Å². The van der Waals surface area contributed by atoms with Crippen molar-refractivity contribution in [1.29, 1.82) is 0 Å². The third-order valence-corrected chi connectivity index (χ3v) is 5.51. The molecule has 0 unspecified atom stereocenters. The summed E-state index contributed by atoms with van der Waals surface area (Å²) in [5, 5.41) is 1.51. The minimum atomic E-state index is -3.71. The van der Waals surface area contributed by atoms with E-state index in [0.717, 1.165) is 35.9 Å². The lowest BCUT2D eigenvalue weighted by molar-refractivity contribution is -0.686. The van der Waals surface area contributed by atoms with Gasteiger partial charge in [0, 0.05) is 12.5 Å². The van der Waals surface area contributed by atoms with Crippen molar-refractivity contribution < 1.29 is 31.4 Å². The molecule has 0 spiro atoms. The van der Waals surface area contributed by atoms with Crippen LogP contribution in [0.25, 0.3) is 22.0 Å². The average Bonchev–Trinajstić information content (AvgIpc) is 2.70. The summed E-state index contributed by atoms with van der Waals surface area (Å²) in [6.45, 7) is 0.739. The molecule has 0 radical (unpaired) electrons. The van der Waals surface area contributed by atoms with Crippen LogP contribution in [0.3, 0.4) is 0 Å². The van der Waals surface area contributed by atoms with E-state index in [-0.39, 0.29) is 5.75 Å². The second kappa shape index (κ2) is 7.11. The summed E-state index contributed by atoms with van der Waals surface area (Å²) < 4.78 is 47.1. The predicted octanol–water partition coefficient (Wildman–Crippen LogP) is 2.71. The summed E-state index contributed by atoms with van der Waals surface area (Å²) in [4.78, 5) is 0. The Morgan fingerprint density at radius 1 is 0.931 bits per heavy atom. The van der Waals surface area contributed by atoms with Gasteiger partial charge in [0.1, 0.15) is 0 Å². The minimum absolute atomic E-state index is 0.195. The molecule has 2 heterocycles. The van der Waals surface area contributed by atoms with E-state index in [1.54, 1.807) is 20.3 Å². The first-order chi connectivity index (χ1) is 13.8. The molecule has 152 valence electrons. The highest BCUT2D eigenvalue weighted by Gasteiger charge is 2.27. The summed E-state index contributed by atoms with van der Waals surface area (Å²) in [5.41, 5.74) is 3.23. The van der Waals surface area contributed by atoms with Crippen molar-refractivity contribution in [3.63, 3.8) is 0 Å². The number of methoxy groups -OCH3 is 3. The minimum Gasteiger partial charge on any atom is -0.493 e. The number of hydrogen-bond donors (Lipinski definition) is 0. The van der Waals surface area contributed by atoms with Gasteiger partial charge in [0.05, 0.1) is 38.5 Å². The number of aromatic nitrogens is 1. The highest BCUT2D eigenvalue weighted by molar-refractivity contribution is 7.86. The van der Waals surface area contributed by atoms with E-state index in [4.69, 9.17) is 18.4 Å². The second-order valence-corrected chi connectivity index (χ2v) is 8.43. The van der Waals surface area contributed by atoms with E-state index < -0.39 is 10.1 Å². The summed E-state index contributed by atoms with van der Waals surface area (Å²) in [7, 11) is 1.02. The van der Waals surface area contributed by atoms with Crippen molar-refractivity contribution in [2.75, 3.05) is 27.6 Å². The molecule has 1 aliphatic rings. The molecule has 0 amide bonds. The quantitative estimate of drug-likeness (QED) is 0.470. The summed E-state index contributed by atoms with van der Waals surface area (Å²) >= 11 is 0. The smallest absolute Gasteiger partial charge is 0.306 e. The van der Waals surface area contributed by atoms with Gasteiger partial charge in [-0.15, -0.1) is 0 Å². The topological polar surface area (TPSA) is 74.9 Å². The Bertz CT molecular complexity index is 1220. The first kappa shape index (κ1) is 19.3. The number of fused-ring (bicyclic) bond motifs is 4. The molecular formula is C21H22NO6S+. The lowest BCUT2D eigenvalue weighted by Crippen LogP contribution is -2.40. The zero-order chi connectivity index (χ0) is 20.8. The molecule has 2 aromatic carbocycles. The van der Waals surface area contributed by atoms with Gasteiger partial charge in [-0.25, -0.2) is 0 Å². The zero-order valence-corrected chi connectivity index (χ0v) is 17.5. The largest absolute Gasteiger partial charge is 0.493 e. The molecule has 0 bridgehead atoms. The molecule has 3 aromatic rings. The van der Waals surface area contributed by atoms with Gasteiger partial charge in [0.2, 0.25) is 5.69 Å². The van der Waals surface area contributed by atoms with E-state index in [1.165, 1.54) is 12.7 Å². The molecule has 1 aromatic heterocycles. The van der Waals surface area contributed by atoms with Gasteiger partial charge in [0.25, 0.3) is 0 Å². The highest BCUT2D eigenvalue weighted by Crippen LogP contribution is 2.40. The molecule has 7 nitrogen and oxygen atoms in total. The Labute approximate surface area is 169 Å². The van der Waals surface area contributed by atoms with Crippen LogP contribution in [0.1, 0.15) is 5.56 Å². The summed E-state index contributed by atoms with van der Waals surface area (Å²) in [5.74, 6) is 1.93. The van der Waals surface area contributed by atoms with E-state index in [0.29, 0.717) is 22.6 Å². The molecular weight excluding hydrogens is 394 g/mol. The van der Waals surface area contributed by atoms with E-state index in [1.807, 2.05) is 30.5 Å². The molecule has 8 heteroatoms. The Kier molecular flexibility index (Phi) is 4.74. The number of aryl methyl sites for hydroxylation is 2. The van der Waals surface area contributed by atoms with Gasteiger partial charge in [-0.2, -0.15) is 13.0 Å². The number of rotatable bonds is 5. The molecule has 0 N–H and O–H groups in total. The Balaban J connectivity index is 1.95. The predicted molar refractivity (Wildman–Crippen MR) is 108 cm³/mol. The average molecular weight is 416 g/mol. The van der Waals surface area contributed by atoms with Gasteiger partial charge in [-0.05, 0) is 35.2 Å². The van der Waals surface area contributed by atoms with Gasteiger partial charge in [0.15, 0.2) is 35.7 Å². The van der Waals surface area contributed by atoms with Crippen LogP contribution in [-0.2, 0) is 23.1 Å². The van der Waals surface area contributed by atoms with E-state index >= 15 is 0 Å². The van der Waals surface area contributed by atoms with Crippen LogP contribution < -0.4 is 23.0 Å². The van der Waals surface area contributed by atoms with Gasteiger partial charge >= 0.3 is 10.1 Å². The molecule has 0 atom stereocenters. The summed E-state index contributed by atoms with van der Waals surface area (Å²) in [6.07, 6.45) is 3.74. The fourth-order valence-corrected chi connectivity index (χ4v) is 4.21. The first-order valence-corrected chi connectivity index (χ1v) is 10.8. The number of benzene rings is 2. The van der Waals surface area contributed by atoms with Gasteiger partial charge < -0.3 is 18.4 Å². The van der Waals surface area contributed by atoms with Crippen molar-refractivity contribution in [3.05, 3.63) is 42.1 Å². The monoisotopic (exact) mass is 416 g/mol. The third kappa shape index (κ3) is 3.44. The van der Waals surface area contributed by atoms with E-state index in [9.17, 15) is 8.42 Å². The van der Waals surface area contributed by atoms with Crippen LogP contribution in [0.2, 0.25) is 0 Å². The highest BCUT2D eigenvalue weighted by atomic mass is 32.2. The SMILES string of the molecule is COc1cc2c(cc1OC)-c1cc3ccc(OC)c(OS(C)(=O)=O)c3c[n+]1CC2. The van der Waals surface area contributed by atoms with Crippen molar-refractivity contribution in [3.8, 4) is 34.3 Å². The Hall–Kier alpha value is -3.00. The Morgan fingerprint density at radius 3 is 2.28 bits per heavy atom. The normalized spacial score (nSPS) is 12.8. The molecule has 0 saturated heterocycles. The van der Waals surface area contributed by atoms with Crippen LogP contribution in [0, 0.1) is 0 Å². The zero-order valence-electron chi connectivity index (χ0n) is 16.7. The lowest BCUT2D eigenvalue weighted by atomic mass is 9.95. The number of hydrogen-bond acceptors (Lipinski definition) is 6. The summed E-state index contributed by atoms with van der Waals surface area (Å²) in [6, 6.07) is 9.60. The third-order valence-electron chi connectivity index (χ3n) is 5.04. The van der Waals surface area contributed by atoms with Crippen molar-refractivity contribution >= 4 is 20.9 Å². The lowest BCUT2D eigenvalue weighted by Gasteiger charge is -2.19. The van der Waals surface area contributed by atoms with Crippen LogP contribution in [0.15, 0.2) is 36.5 Å². The maximum atomic E-state index is 11.8. The fraction of sp³-hybridized carbons (Fsp3) is 0.286. The van der Waals surface area contributed by atoms with Crippen LogP contribution in [0.5, 0.6) is 23.0 Å². The maximum Gasteiger partial charge on any atom is 0.306 e.